The molecule has 0 radical (unpaired) electrons. The van der Waals surface area contributed by atoms with Crippen LogP contribution in [0.25, 0.3) is 10.8 Å². The average molecular weight is 1020 g/mol. The number of hydrogen-bond acceptors (Lipinski definition) is 13. The number of ether oxygens (including phenoxy) is 5. The maximum Gasteiger partial charge on any atom is 0.416 e. The minimum absolute atomic E-state index is 0.0168. The van der Waals surface area contributed by atoms with Gasteiger partial charge >= 0.3 is 6.09 Å². The molecule has 6 aromatic carbocycles. The maximum atomic E-state index is 15.5. The zero-order valence-corrected chi connectivity index (χ0v) is 41.8. The summed E-state index contributed by atoms with van der Waals surface area (Å²) < 4.78 is 32.9. The molecular weight excluding hydrogens is 955 g/mol. The van der Waals surface area contributed by atoms with Gasteiger partial charge in [0.15, 0.2) is 6.29 Å². The lowest BCUT2D eigenvalue weighted by Gasteiger charge is -2.59. The molecule has 0 spiro atoms. The molecule has 6 unspecified atom stereocenters. The fourth-order valence-corrected chi connectivity index (χ4v) is 11.2. The van der Waals surface area contributed by atoms with E-state index in [4.69, 9.17) is 33.7 Å². The molecule has 2 aliphatic carbocycles. The van der Waals surface area contributed by atoms with Gasteiger partial charge in [-0.15, -0.1) is 6.58 Å². The number of oxime groups is 1. The summed E-state index contributed by atoms with van der Waals surface area (Å²) in [6, 6.07) is 38.6. The van der Waals surface area contributed by atoms with Crippen LogP contribution in [-0.4, -0.2) is 76.9 Å². The summed E-state index contributed by atoms with van der Waals surface area (Å²) in [4.78, 5) is 46.7. The quantitative estimate of drug-likeness (QED) is 0.0203. The topological polar surface area (TPSA) is 189 Å². The number of hydrogen-bond donors (Lipinski definition) is 2. The standard InChI is InChI=1S/C60H61N3O12/c1-3-32-71-60-56(62(37-43-19-13-18-41-16-7-8-20-49(41)43)59(67)74-46-24-22-45(23-25-46)63(68)69)36-53(61-72-39-40-14-5-4-6-15-40)51-34-42(17-9-11-30-64)50(21-10-12-31-65)57(58(51)60)52-35-48(27-29-55(52)75-60)73-47-26-28-54(70-2)44(33-47)38-66/h3-8,13-16,18-20,22-29,33-35,38,42,50,56-58,64-65H,1,9-12,17,21,30-32,36-37,39H2,2H3. The first-order chi connectivity index (χ1) is 36.7. The van der Waals surface area contributed by atoms with Gasteiger partial charge < -0.3 is 38.7 Å². The van der Waals surface area contributed by atoms with Crippen molar-refractivity contribution in [3.05, 3.63) is 190 Å². The predicted octanol–water partition coefficient (Wildman–Crippen LogP) is 11.9. The zero-order chi connectivity index (χ0) is 52.3. The monoisotopic (exact) mass is 1020 g/mol. The molecular formula is C60H61N3O12. The van der Waals surface area contributed by atoms with Gasteiger partial charge in [0.1, 0.15) is 41.4 Å². The first kappa shape index (κ1) is 52.0. The summed E-state index contributed by atoms with van der Waals surface area (Å²) in [5, 5.41) is 38.8. The van der Waals surface area contributed by atoms with Crippen LogP contribution in [0.3, 0.4) is 0 Å². The Hall–Kier alpha value is -7.85. The fourth-order valence-electron chi connectivity index (χ4n) is 11.2. The molecule has 75 heavy (non-hydrogen) atoms. The number of aliphatic hydroxyl groups is 2. The number of allylic oxidation sites excluding steroid dienone is 1. The highest BCUT2D eigenvalue weighted by molar-refractivity contribution is 6.03. The minimum Gasteiger partial charge on any atom is -0.496 e. The molecule has 1 aliphatic heterocycles. The van der Waals surface area contributed by atoms with Crippen LogP contribution in [0.2, 0.25) is 0 Å². The molecule has 2 N–H and O–H groups in total. The second kappa shape index (κ2) is 24.0. The number of unbranched alkanes of at least 4 members (excludes halogenated alkanes) is 2. The van der Waals surface area contributed by atoms with E-state index in [1.807, 2.05) is 84.9 Å². The molecule has 15 nitrogen and oxygen atoms in total. The van der Waals surface area contributed by atoms with Crippen molar-refractivity contribution in [2.75, 3.05) is 26.9 Å². The number of methoxy groups -OCH3 is 1. The molecule has 1 fully saturated rings. The number of benzene rings is 6. The average Bonchev–Trinajstić information content (AvgIpc) is 3.52. The SMILES string of the molecule is C=CCOC12Oc3ccc(Oc4ccc(OC)c(C=O)c4)cc3C3C(CCCCO)C(CCCCO)C=C(C(=NOCc4ccccc4)CC1N(Cc1cccc4ccccc14)C(=O)Oc1ccc([N+](=O)[O-])cc1)C32. The number of carbonyl (C=O) groups excluding carboxylic acids is 2. The minimum atomic E-state index is -1.66. The molecule has 1 heterocycles. The third-order valence-electron chi connectivity index (χ3n) is 14.5. The molecule has 1 saturated carbocycles. The summed E-state index contributed by atoms with van der Waals surface area (Å²) in [6.07, 6.45) is 8.01. The molecule has 0 saturated heterocycles. The molecule has 0 bridgehead atoms. The van der Waals surface area contributed by atoms with Crippen LogP contribution in [0.5, 0.6) is 28.7 Å². The van der Waals surface area contributed by atoms with Crippen molar-refractivity contribution >= 4 is 34.6 Å². The van der Waals surface area contributed by atoms with Crippen LogP contribution in [0.1, 0.15) is 77.9 Å². The summed E-state index contributed by atoms with van der Waals surface area (Å²) in [5.74, 6) is -0.962. The highest BCUT2D eigenvalue weighted by atomic mass is 16.7. The summed E-state index contributed by atoms with van der Waals surface area (Å²) in [6.45, 7) is 4.33. The Balaban J connectivity index is 1.26. The third-order valence-corrected chi connectivity index (χ3v) is 14.5. The van der Waals surface area contributed by atoms with E-state index in [2.05, 4.69) is 12.7 Å². The Labute approximate surface area is 435 Å². The Morgan fingerprint density at radius 1 is 0.880 bits per heavy atom. The Morgan fingerprint density at radius 3 is 2.35 bits per heavy atom. The number of rotatable bonds is 23. The van der Waals surface area contributed by atoms with E-state index >= 15 is 4.79 Å². The number of nitro groups is 1. The van der Waals surface area contributed by atoms with Crippen molar-refractivity contribution in [1.29, 1.82) is 0 Å². The first-order valence-corrected chi connectivity index (χ1v) is 25.4. The number of non-ortho nitro benzene ring substituents is 1. The molecule has 3 aliphatic rings. The second-order valence-electron chi connectivity index (χ2n) is 19.0. The molecule has 388 valence electrons. The van der Waals surface area contributed by atoms with Crippen LogP contribution in [0, 0.1) is 27.9 Å². The molecule has 1 amide bonds. The second-order valence-corrected chi connectivity index (χ2v) is 19.0. The van der Waals surface area contributed by atoms with E-state index in [1.165, 1.54) is 31.4 Å². The van der Waals surface area contributed by atoms with Crippen LogP contribution in [-0.2, 0) is 22.7 Å². The smallest absolute Gasteiger partial charge is 0.416 e. The number of carbonyl (C=O) groups is 2. The number of aldehydes is 1. The first-order valence-electron chi connectivity index (χ1n) is 25.4. The van der Waals surface area contributed by atoms with Crippen LogP contribution in [0.4, 0.5) is 10.5 Å². The van der Waals surface area contributed by atoms with Crippen molar-refractivity contribution in [3.63, 3.8) is 0 Å². The van der Waals surface area contributed by atoms with Gasteiger partial charge in [-0.1, -0.05) is 103 Å². The van der Waals surface area contributed by atoms with Gasteiger partial charge in [-0.05, 0) is 114 Å². The van der Waals surface area contributed by atoms with E-state index in [-0.39, 0.29) is 62.7 Å². The lowest BCUT2D eigenvalue weighted by atomic mass is 9.55. The molecule has 9 rings (SSSR count). The van der Waals surface area contributed by atoms with Crippen molar-refractivity contribution in [3.8, 4) is 28.7 Å². The van der Waals surface area contributed by atoms with Gasteiger partial charge in [0.05, 0.1) is 42.4 Å². The molecule has 15 heteroatoms. The van der Waals surface area contributed by atoms with Crippen molar-refractivity contribution < 1.29 is 53.2 Å². The van der Waals surface area contributed by atoms with Crippen LogP contribution >= 0.6 is 0 Å². The Morgan fingerprint density at radius 2 is 1.60 bits per heavy atom. The highest BCUT2D eigenvalue weighted by Gasteiger charge is 2.66. The summed E-state index contributed by atoms with van der Waals surface area (Å²) >= 11 is 0. The van der Waals surface area contributed by atoms with E-state index < -0.39 is 34.7 Å². The maximum absolute atomic E-state index is 15.5. The lowest BCUT2D eigenvalue weighted by Crippen LogP contribution is -2.70. The largest absolute Gasteiger partial charge is 0.496 e. The predicted molar refractivity (Wildman–Crippen MR) is 283 cm³/mol. The van der Waals surface area contributed by atoms with Crippen molar-refractivity contribution in [2.45, 2.75) is 75.8 Å². The molecule has 0 aromatic heterocycles. The van der Waals surface area contributed by atoms with Gasteiger partial charge in [0.2, 0.25) is 5.79 Å². The third kappa shape index (κ3) is 11.3. The highest BCUT2D eigenvalue weighted by Crippen LogP contribution is 2.62. The normalized spacial score (nSPS) is 20.9. The summed E-state index contributed by atoms with van der Waals surface area (Å²) in [5.41, 5.74) is 4.12. The van der Waals surface area contributed by atoms with Gasteiger partial charge in [0, 0.05) is 43.2 Å². The van der Waals surface area contributed by atoms with E-state index in [9.17, 15) is 25.1 Å². The number of nitrogens with zero attached hydrogens (tertiary/aromatic N) is 3. The zero-order valence-electron chi connectivity index (χ0n) is 41.8. The number of nitro benzene ring substituents is 1. The number of fused-ring (bicyclic) bond motifs is 3. The molecule has 6 atom stereocenters. The van der Waals surface area contributed by atoms with E-state index in [1.54, 1.807) is 35.2 Å². The lowest BCUT2D eigenvalue weighted by molar-refractivity contribution is -0.384. The van der Waals surface area contributed by atoms with E-state index in [0.717, 1.165) is 45.9 Å². The Bertz CT molecular complexity index is 3050. The Kier molecular flexibility index (Phi) is 16.7. The van der Waals surface area contributed by atoms with Gasteiger partial charge in [-0.2, -0.15) is 0 Å². The molecule has 6 aromatic rings. The van der Waals surface area contributed by atoms with Crippen molar-refractivity contribution in [1.82, 2.24) is 4.90 Å². The fraction of sp³-hybridized carbons (Fsp3) is 0.317. The van der Waals surface area contributed by atoms with Gasteiger partial charge in [-0.25, -0.2) is 4.79 Å². The summed E-state index contributed by atoms with van der Waals surface area (Å²) in [7, 11) is 1.50. The van der Waals surface area contributed by atoms with Gasteiger partial charge in [-0.3, -0.25) is 19.8 Å². The van der Waals surface area contributed by atoms with Crippen LogP contribution < -0.4 is 18.9 Å². The van der Waals surface area contributed by atoms with E-state index in [0.29, 0.717) is 66.2 Å². The number of aliphatic hydroxyl groups excluding tert-OH is 2. The van der Waals surface area contributed by atoms with Crippen LogP contribution in [0.15, 0.2) is 163 Å². The van der Waals surface area contributed by atoms with Gasteiger partial charge in [0.25, 0.3) is 5.69 Å². The van der Waals surface area contributed by atoms with Crippen molar-refractivity contribution in [2.24, 2.45) is 22.9 Å². The number of amides is 1.